The molecule has 1 aliphatic heterocycles. The topological polar surface area (TPSA) is 52.6 Å². The van der Waals surface area contributed by atoms with Crippen molar-refractivity contribution >= 4 is 11.8 Å². The largest absolute Gasteiger partial charge is 0.469 e. The van der Waals surface area contributed by atoms with Gasteiger partial charge in [-0.25, -0.2) is 0 Å². The van der Waals surface area contributed by atoms with Gasteiger partial charge in [-0.15, -0.1) is 0 Å². The molecule has 4 heteroatoms. The number of Topliss-reactive ketones (excluding diaryl/α,β-unsaturated/α-hetero) is 1. The predicted molar refractivity (Wildman–Crippen MR) is 54.3 cm³/mol. The van der Waals surface area contributed by atoms with Crippen LogP contribution in [0.15, 0.2) is 12.2 Å². The first-order chi connectivity index (χ1) is 7.11. The van der Waals surface area contributed by atoms with Crippen LogP contribution in [0.25, 0.3) is 0 Å². The van der Waals surface area contributed by atoms with Crippen molar-refractivity contribution in [1.29, 1.82) is 0 Å². The molecular formula is C11H16O4. The number of hydrogen-bond donors (Lipinski definition) is 0. The fraction of sp³-hybridized carbons (Fsp3) is 0.636. The molecule has 0 saturated heterocycles. The monoisotopic (exact) mass is 212 g/mol. The molecule has 0 aromatic heterocycles. The first kappa shape index (κ1) is 11.9. The number of rotatable bonds is 4. The standard InChI is InChI=1S/C11H16O4/c1-8(12)5-10-4-3-9(7-15-10)6-11(13)14-2/h3-4,9-10H,5-7H2,1-2H3/t9-,10+/m0/s1. The molecular weight excluding hydrogens is 196 g/mol. The van der Waals surface area contributed by atoms with Crippen LogP contribution in [0.1, 0.15) is 19.8 Å². The number of methoxy groups -OCH3 is 1. The SMILES string of the molecule is COC(=O)C[C@@H]1C=C[C@H](CC(C)=O)OC1. The highest BCUT2D eigenvalue weighted by Crippen LogP contribution is 2.16. The smallest absolute Gasteiger partial charge is 0.306 e. The zero-order valence-corrected chi connectivity index (χ0v) is 9.06. The number of ether oxygens (including phenoxy) is 2. The van der Waals surface area contributed by atoms with E-state index in [1.165, 1.54) is 14.0 Å². The number of carbonyl (C=O) groups excluding carboxylic acids is 2. The van der Waals surface area contributed by atoms with Gasteiger partial charge in [-0.05, 0) is 6.92 Å². The highest BCUT2D eigenvalue weighted by molar-refractivity contribution is 5.76. The molecule has 1 heterocycles. The van der Waals surface area contributed by atoms with Crippen LogP contribution in [-0.2, 0) is 19.1 Å². The van der Waals surface area contributed by atoms with E-state index in [0.717, 1.165) is 0 Å². The maximum atomic E-state index is 11.0. The molecule has 0 fully saturated rings. The van der Waals surface area contributed by atoms with Crippen molar-refractivity contribution in [2.24, 2.45) is 5.92 Å². The van der Waals surface area contributed by atoms with E-state index in [4.69, 9.17) is 4.74 Å². The average Bonchev–Trinajstić information content (AvgIpc) is 2.20. The van der Waals surface area contributed by atoms with Crippen LogP contribution in [0.2, 0.25) is 0 Å². The molecule has 0 N–H and O–H groups in total. The highest BCUT2D eigenvalue weighted by Gasteiger charge is 2.19. The second-order valence-corrected chi connectivity index (χ2v) is 3.70. The Morgan fingerprint density at radius 1 is 1.40 bits per heavy atom. The summed E-state index contributed by atoms with van der Waals surface area (Å²) in [7, 11) is 1.37. The van der Waals surface area contributed by atoms with Crippen LogP contribution in [0.3, 0.4) is 0 Å². The zero-order chi connectivity index (χ0) is 11.3. The third kappa shape index (κ3) is 4.25. The van der Waals surface area contributed by atoms with Gasteiger partial charge in [0.05, 0.1) is 26.2 Å². The Balaban J connectivity index is 2.37. The van der Waals surface area contributed by atoms with Gasteiger partial charge in [-0.1, -0.05) is 12.2 Å². The maximum absolute atomic E-state index is 11.0. The van der Waals surface area contributed by atoms with E-state index in [2.05, 4.69) is 4.74 Å². The molecule has 1 rings (SSSR count). The second-order valence-electron chi connectivity index (χ2n) is 3.70. The molecule has 0 spiro atoms. The third-order valence-corrected chi connectivity index (χ3v) is 2.27. The Labute approximate surface area is 89.2 Å². The quantitative estimate of drug-likeness (QED) is 0.517. The number of esters is 1. The summed E-state index contributed by atoms with van der Waals surface area (Å²) in [6.07, 6.45) is 4.38. The van der Waals surface area contributed by atoms with Crippen molar-refractivity contribution in [3.05, 3.63) is 12.2 Å². The van der Waals surface area contributed by atoms with Gasteiger partial charge in [0.2, 0.25) is 0 Å². The van der Waals surface area contributed by atoms with Gasteiger partial charge < -0.3 is 9.47 Å². The summed E-state index contributed by atoms with van der Waals surface area (Å²) in [6, 6.07) is 0. The van der Waals surface area contributed by atoms with E-state index in [1.807, 2.05) is 12.2 Å². The maximum Gasteiger partial charge on any atom is 0.306 e. The summed E-state index contributed by atoms with van der Waals surface area (Å²) < 4.78 is 9.99. The molecule has 15 heavy (non-hydrogen) atoms. The summed E-state index contributed by atoms with van der Waals surface area (Å²) in [6.45, 7) is 2.02. The molecule has 0 amide bonds. The van der Waals surface area contributed by atoms with E-state index in [-0.39, 0.29) is 23.8 Å². The lowest BCUT2D eigenvalue weighted by Gasteiger charge is -2.22. The zero-order valence-electron chi connectivity index (χ0n) is 9.06. The number of hydrogen-bond acceptors (Lipinski definition) is 4. The fourth-order valence-corrected chi connectivity index (χ4v) is 1.47. The molecule has 0 aromatic rings. The molecule has 84 valence electrons. The van der Waals surface area contributed by atoms with Gasteiger partial charge in [0, 0.05) is 12.3 Å². The lowest BCUT2D eigenvalue weighted by Crippen LogP contribution is -2.24. The molecule has 0 bridgehead atoms. The van der Waals surface area contributed by atoms with Crippen LogP contribution >= 0.6 is 0 Å². The van der Waals surface area contributed by atoms with E-state index >= 15 is 0 Å². The van der Waals surface area contributed by atoms with E-state index in [1.54, 1.807) is 0 Å². The summed E-state index contributed by atoms with van der Waals surface area (Å²) in [5.74, 6) is -0.0602. The van der Waals surface area contributed by atoms with Crippen LogP contribution in [0, 0.1) is 5.92 Å². The summed E-state index contributed by atoms with van der Waals surface area (Å²) in [5.41, 5.74) is 0. The van der Waals surface area contributed by atoms with Crippen LogP contribution in [0.5, 0.6) is 0 Å². The lowest BCUT2D eigenvalue weighted by atomic mass is 10.0. The first-order valence-electron chi connectivity index (χ1n) is 4.98. The highest BCUT2D eigenvalue weighted by atomic mass is 16.5. The van der Waals surface area contributed by atoms with Gasteiger partial charge >= 0.3 is 5.97 Å². The summed E-state index contributed by atoms with van der Waals surface area (Å²) >= 11 is 0. The van der Waals surface area contributed by atoms with Gasteiger partial charge in [0.1, 0.15) is 5.78 Å². The van der Waals surface area contributed by atoms with Crippen molar-refractivity contribution in [1.82, 2.24) is 0 Å². The molecule has 0 aliphatic carbocycles. The van der Waals surface area contributed by atoms with Crippen LogP contribution < -0.4 is 0 Å². The molecule has 0 radical (unpaired) electrons. The Morgan fingerprint density at radius 3 is 2.60 bits per heavy atom. The normalized spacial score (nSPS) is 24.9. The first-order valence-corrected chi connectivity index (χ1v) is 4.98. The molecule has 0 saturated carbocycles. The molecule has 0 aromatic carbocycles. The third-order valence-electron chi connectivity index (χ3n) is 2.27. The fourth-order valence-electron chi connectivity index (χ4n) is 1.47. The Bertz CT molecular complexity index is 270. The number of carbonyl (C=O) groups is 2. The van der Waals surface area contributed by atoms with Crippen LogP contribution in [0.4, 0.5) is 0 Å². The van der Waals surface area contributed by atoms with Crippen molar-refractivity contribution in [3.63, 3.8) is 0 Å². The van der Waals surface area contributed by atoms with Gasteiger partial charge in [0.25, 0.3) is 0 Å². The predicted octanol–water partition coefficient (Wildman–Crippen LogP) is 1.10. The molecule has 1 aliphatic rings. The van der Waals surface area contributed by atoms with E-state index < -0.39 is 0 Å². The molecule has 4 nitrogen and oxygen atoms in total. The Morgan fingerprint density at radius 2 is 2.13 bits per heavy atom. The van der Waals surface area contributed by atoms with Crippen molar-refractivity contribution in [2.45, 2.75) is 25.9 Å². The molecule has 2 atom stereocenters. The Hall–Kier alpha value is -1.16. The van der Waals surface area contributed by atoms with E-state index in [0.29, 0.717) is 19.4 Å². The van der Waals surface area contributed by atoms with Crippen molar-refractivity contribution < 1.29 is 19.1 Å². The van der Waals surface area contributed by atoms with Crippen molar-refractivity contribution in [2.75, 3.05) is 13.7 Å². The number of ketones is 1. The second kappa shape index (κ2) is 5.66. The summed E-state index contributed by atoms with van der Waals surface area (Å²) in [4.78, 5) is 21.8. The molecule has 0 unspecified atom stereocenters. The minimum atomic E-state index is -0.238. The van der Waals surface area contributed by atoms with E-state index in [9.17, 15) is 9.59 Å². The van der Waals surface area contributed by atoms with Gasteiger partial charge in [-0.2, -0.15) is 0 Å². The minimum Gasteiger partial charge on any atom is -0.469 e. The van der Waals surface area contributed by atoms with Gasteiger partial charge in [0.15, 0.2) is 0 Å². The average molecular weight is 212 g/mol. The summed E-state index contributed by atoms with van der Waals surface area (Å²) in [5, 5.41) is 0. The Kier molecular flexibility index (Phi) is 4.49. The van der Waals surface area contributed by atoms with Crippen molar-refractivity contribution in [3.8, 4) is 0 Å². The van der Waals surface area contributed by atoms with Gasteiger partial charge in [-0.3, -0.25) is 9.59 Å². The lowest BCUT2D eigenvalue weighted by molar-refractivity contribution is -0.142. The van der Waals surface area contributed by atoms with Crippen LogP contribution in [-0.4, -0.2) is 31.6 Å². The minimum absolute atomic E-state index is 0.0701.